The largest absolute Gasteiger partial charge is 0.493 e. The summed E-state index contributed by atoms with van der Waals surface area (Å²) < 4.78 is 21.8. The van der Waals surface area contributed by atoms with Crippen molar-refractivity contribution >= 4 is 0 Å². The molecular formula is C14H21NO4. The van der Waals surface area contributed by atoms with Crippen LogP contribution in [0.5, 0.6) is 17.2 Å². The predicted molar refractivity (Wildman–Crippen MR) is 71.7 cm³/mol. The Morgan fingerprint density at radius 3 is 2.58 bits per heavy atom. The quantitative estimate of drug-likeness (QED) is 0.854. The minimum absolute atomic E-state index is 0.195. The molecule has 0 saturated carbocycles. The molecule has 0 aliphatic carbocycles. The Kier molecular flexibility index (Phi) is 4.17. The standard InChI is InChI=1S/C14H21NO4/c1-14(2,16-3)4-5-17-11-7-13-12(18-9-19-13)6-10(11)8-15/h6-7H,4-5,8-9,15H2,1-3H3. The number of hydrogen-bond donors (Lipinski definition) is 1. The molecule has 2 rings (SSSR count). The molecule has 0 bridgehead atoms. The molecular weight excluding hydrogens is 246 g/mol. The normalized spacial score (nSPS) is 13.7. The molecule has 0 radical (unpaired) electrons. The second-order valence-electron chi connectivity index (χ2n) is 5.08. The van der Waals surface area contributed by atoms with Gasteiger partial charge in [0.1, 0.15) is 5.75 Å². The molecule has 19 heavy (non-hydrogen) atoms. The van der Waals surface area contributed by atoms with Gasteiger partial charge in [0.25, 0.3) is 0 Å². The van der Waals surface area contributed by atoms with Crippen LogP contribution in [0.1, 0.15) is 25.8 Å². The van der Waals surface area contributed by atoms with Gasteiger partial charge in [-0.05, 0) is 19.9 Å². The molecule has 1 aromatic carbocycles. The molecule has 0 saturated heterocycles. The molecule has 0 unspecified atom stereocenters. The lowest BCUT2D eigenvalue weighted by molar-refractivity contribution is 0.00537. The van der Waals surface area contributed by atoms with Gasteiger partial charge in [0.2, 0.25) is 6.79 Å². The van der Waals surface area contributed by atoms with E-state index in [0.29, 0.717) is 18.9 Å². The molecule has 0 aromatic heterocycles. The van der Waals surface area contributed by atoms with Crippen LogP contribution in [0.4, 0.5) is 0 Å². The van der Waals surface area contributed by atoms with Crippen LogP contribution in [0.3, 0.4) is 0 Å². The summed E-state index contributed by atoms with van der Waals surface area (Å²) in [6, 6.07) is 3.71. The van der Waals surface area contributed by atoms with E-state index in [9.17, 15) is 0 Å². The number of rotatable bonds is 6. The van der Waals surface area contributed by atoms with Crippen LogP contribution in [-0.4, -0.2) is 26.1 Å². The molecule has 1 heterocycles. The summed E-state index contributed by atoms with van der Waals surface area (Å²) in [6.07, 6.45) is 0.794. The average Bonchev–Trinajstić information content (AvgIpc) is 2.84. The Labute approximate surface area is 113 Å². The third-order valence-electron chi connectivity index (χ3n) is 3.29. The Balaban J connectivity index is 2.03. The molecule has 1 aliphatic rings. The molecule has 5 heteroatoms. The lowest BCUT2D eigenvalue weighted by Crippen LogP contribution is -2.25. The van der Waals surface area contributed by atoms with Crippen molar-refractivity contribution in [3.05, 3.63) is 17.7 Å². The summed E-state index contributed by atoms with van der Waals surface area (Å²) in [5.41, 5.74) is 6.45. The van der Waals surface area contributed by atoms with E-state index in [1.54, 1.807) is 7.11 Å². The summed E-state index contributed by atoms with van der Waals surface area (Å²) in [4.78, 5) is 0. The first kappa shape index (κ1) is 14.0. The topological polar surface area (TPSA) is 62.9 Å². The van der Waals surface area contributed by atoms with Gasteiger partial charge in [0.05, 0.1) is 12.2 Å². The zero-order chi connectivity index (χ0) is 13.9. The van der Waals surface area contributed by atoms with Crippen molar-refractivity contribution < 1.29 is 18.9 Å². The Hall–Kier alpha value is -1.46. The fraction of sp³-hybridized carbons (Fsp3) is 0.571. The van der Waals surface area contributed by atoms with Gasteiger partial charge >= 0.3 is 0 Å². The molecule has 0 amide bonds. The molecule has 106 valence electrons. The number of fused-ring (bicyclic) bond motifs is 1. The number of ether oxygens (including phenoxy) is 4. The smallest absolute Gasteiger partial charge is 0.231 e. The number of benzene rings is 1. The minimum atomic E-state index is -0.195. The predicted octanol–water partition coefficient (Wildman–Crippen LogP) is 2.07. The molecule has 1 aliphatic heterocycles. The lowest BCUT2D eigenvalue weighted by Gasteiger charge is -2.23. The Bertz CT molecular complexity index is 445. The van der Waals surface area contributed by atoms with Gasteiger partial charge in [-0.1, -0.05) is 0 Å². The van der Waals surface area contributed by atoms with E-state index in [2.05, 4.69) is 0 Å². The van der Waals surface area contributed by atoms with Crippen LogP contribution in [0.25, 0.3) is 0 Å². The first-order valence-corrected chi connectivity index (χ1v) is 6.36. The summed E-state index contributed by atoms with van der Waals surface area (Å²) >= 11 is 0. The van der Waals surface area contributed by atoms with Crippen LogP contribution >= 0.6 is 0 Å². The number of hydrogen-bond acceptors (Lipinski definition) is 5. The third kappa shape index (κ3) is 3.30. The second-order valence-corrected chi connectivity index (χ2v) is 5.08. The van der Waals surface area contributed by atoms with Crippen LogP contribution < -0.4 is 19.9 Å². The van der Waals surface area contributed by atoms with Crippen molar-refractivity contribution in [2.45, 2.75) is 32.4 Å². The van der Waals surface area contributed by atoms with E-state index in [-0.39, 0.29) is 12.4 Å². The second kappa shape index (κ2) is 5.67. The monoisotopic (exact) mass is 267 g/mol. The van der Waals surface area contributed by atoms with E-state index in [1.807, 2.05) is 26.0 Å². The van der Waals surface area contributed by atoms with Gasteiger partial charge < -0.3 is 24.7 Å². The van der Waals surface area contributed by atoms with Crippen LogP contribution in [0.2, 0.25) is 0 Å². The number of nitrogens with two attached hydrogens (primary N) is 1. The highest BCUT2D eigenvalue weighted by Gasteiger charge is 2.19. The maximum absolute atomic E-state index is 5.80. The lowest BCUT2D eigenvalue weighted by atomic mass is 10.1. The van der Waals surface area contributed by atoms with E-state index in [1.165, 1.54) is 0 Å². The van der Waals surface area contributed by atoms with Crippen molar-refractivity contribution in [2.75, 3.05) is 20.5 Å². The summed E-state index contributed by atoms with van der Waals surface area (Å²) in [5, 5.41) is 0. The van der Waals surface area contributed by atoms with Crippen molar-refractivity contribution in [3.63, 3.8) is 0 Å². The van der Waals surface area contributed by atoms with Gasteiger partial charge in [-0.15, -0.1) is 0 Å². The first-order valence-electron chi connectivity index (χ1n) is 6.36. The average molecular weight is 267 g/mol. The summed E-state index contributed by atoms with van der Waals surface area (Å²) in [7, 11) is 1.70. The SMILES string of the molecule is COC(C)(C)CCOc1cc2c(cc1CN)OCO2. The van der Waals surface area contributed by atoms with Crippen molar-refractivity contribution in [3.8, 4) is 17.2 Å². The highest BCUT2D eigenvalue weighted by atomic mass is 16.7. The van der Waals surface area contributed by atoms with Crippen LogP contribution in [0.15, 0.2) is 12.1 Å². The maximum Gasteiger partial charge on any atom is 0.231 e. The summed E-state index contributed by atoms with van der Waals surface area (Å²) in [6.45, 7) is 5.27. The fourth-order valence-electron chi connectivity index (χ4n) is 1.77. The zero-order valence-corrected chi connectivity index (χ0v) is 11.7. The van der Waals surface area contributed by atoms with Gasteiger partial charge in [-0.25, -0.2) is 0 Å². The number of methoxy groups -OCH3 is 1. The zero-order valence-electron chi connectivity index (χ0n) is 11.7. The highest BCUT2D eigenvalue weighted by molar-refractivity contribution is 5.51. The Morgan fingerprint density at radius 1 is 1.26 bits per heavy atom. The minimum Gasteiger partial charge on any atom is -0.493 e. The van der Waals surface area contributed by atoms with E-state index in [4.69, 9.17) is 24.7 Å². The molecule has 0 fully saturated rings. The third-order valence-corrected chi connectivity index (χ3v) is 3.29. The van der Waals surface area contributed by atoms with E-state index < -0.39 is 0 Å². The van der Waals surface area contributed by atoms with Crippen molar-refractivity contribution in [2.24, 2.45) is 5.73 Å². The van der Waals surface area contributed by atoms with Gasteiger partial charge in [0.15, 0.2) is 11.5 Å². The van der Waals surface area contributed by atoms with Crippen molar-refractivity contribution in [1.29, 1.82) is 0 Å². The van der Waals surface area contributed by atoms with E-state index in [0.717, 1.165) is 23.5 Å². The first-order chi connectivity index (χ1) is 9.05. The van der Waals surface area contributed by atoms with E-state index >= 15 is 0 Å². The Morgan fingerprint density at radius 2 is 1.95 bits per heavy atom. The van der Waals surface area contributed by atoms with Crippen LogP contribution in [-0.2, 0) is 11.3 Å². The molecule has 2 N–H and O–H groups in total. The molecule has 0 spiro atoms. The summed E-state index contributed by atoms with van der Waals surface area (Å²) in [5.74, 6) is 2.18. The van der Waals surface area contributed by atoms with Gasteiger partial charge in [-0.3, -0.25) is 0 Å². The molecule has 0 atom stereocenters. The van der Waals surface area contributed by atoms with Gasteiger partial charge in [-0.2, -0.15) is 0 Å². The maximum atomic E-state index is 5.80. The highest BCUT2D eigenvalue weighted by Crippen LogP contribution is 2.38. The molecule has 5 nitrogen and oxygen atoms in total. The van der Waals surface area contributed by atoms with Gasteiger partial charge in [0, 0.05) is 31.7 Å². The fourth-order valence-corrected chi connectivity index (χ4v) is 1.77. The molecule has 1 aromatic rings. The van der Waals surface area contributed by atoms with Crippen LogP contribution in [0, 0.1) is 0 Å². The van der Waals surface area contributed by atoms with Crippen molar-refractivity contribution in [1.82, 2.24) is 0 Å².